The van der Waals surface area contributed by atoms with Gasteiger partial charge in [0.15, 0.2) is 0 Å². The van der Waals surface area contributed by atoms with E-state index in [1.54, 1.807) is 17.4 Å². The van der Waals surface area contributed by atoms with Gasteiger partial charge in [0.2, 0.25) is 0 Å². The maximum absolute atomic E-state index is 5.97. The monoisotopic (exact) mass is 310 g/mol. The molecule has 1 unspecified atom stereocenters. The van der Waals surface area contributed by atoms with Crippen molar-refractivity contribution in [3.8, 4) is 0 Å². The van der Waals surface area contributed by atoms with Gasteiger partial charge in [-0.2, -0.15) is 11.3 Å². The highest BCUT2D eigenvalue weighted by molar-refractivity contribution is 7.80. The lowest BCUT2D eigenvalue weighted by atomic mass is 10.1. The number of anilines is 1. The van der Waals surface area contributed by atoms with Crippen molar-refractivity contribution >= 4 is 45.8 Å². The summed E-state index contributed by atoms with van der Waals surface area (Å²) in [4.78, 5) is 0.354. The van der Waals surface area contributed by atoms with E-state index in [1.165, 1.54) is 5.56 Å². The Labute approximate surface area is 127 Å². The predicted octanol–water partition coefficient (Wildman–Crippen LogP) is 4.08. The minimum Gasteiger partial charge on any atom is -0.389 e. The molecular weight excluding hydrogens is 296 g/mol. The number of rotatable bonds is 5. The highest BCUT2D eigenvalue weighted by Crippen LogP contribution is 2.22. The Balaban J connectivity index is 2.12. The van der Waals surface area contributed by atoms with Crippen LogP contribution in [-0.4, -0.2) is 11.0 Å². The molecule has 0 spiro atoms. The highest BCUT2D eigenvalue weighted by atomic mass is 35.5. The smallest absolute Gasteiger partial charge is 0.106 e. The maximum atomic E-state index is 5.97. The first kappa shape index (κ1) is 14.3. The fraction of sp³-hybridized carbons (Fsp3) is 0.214. The molecule has 0 fully saturated rings. The molecule has 1 atom stereocenters. The van der Waals surface area contributed by atoms with E-state index >= 15 is 0 Å². The van der Waals surface area contributed by atoms with E-state index in [1.807, 2.05) is 12.1 Å². The molecule has 0 aliphatic carbocycles. The Hall–Kier alpha value is -1.10. The van der Waals surface area contributed by atoms with Crippen LogP contribution >= 0.6 is 35.2 Å². The van der Waals surface area contributed by atoms with Crippen molar-refractivity contribution in [2.75, 3.05) is 5.32 Å². The second-order valence-corrected chi connectivity index (χ2v) is 6.09. The molecular formula is C14H15ClN2S2. The highest BCUT2D eigenvalue weighted by Gasteiger charge is 2.10. The molecule has 0 saturated carbocycles. The molecule has 3 N–H and O–H groups in total. The predicted molar refractivity (Wildman–Crippen MR) is 88.4 cm³/mol. The molecule has 2 rings (SSSR count). The number of benzene rings is 1. The average Bonchev–Trinajstić information content (AvgIpc) is 2.83. The molecule has 1 aromatic heterocycles. The van der Waals surface area contributed by atoms with Gasteiger partial charge in [0.05, 0.1) is 0 Å². The zero-order valence-electron chi connectivity index (χ0n) is 10.5. The van der Waals surface area contributed by atoms with Crippen LogP contribution in [0.1, 0.15) is 18.1 Å². The number of hydrogen-bond donors (Lipinski definition) is 2. The van der Waals surface area contributed by atoms with Crippen LogP contribution in [-0.2, 0) is 6.42 Å². The third-order valence-corrected chi connectivity index (χ3v) is 3.96. The van der Waals surface area contributed by atoms with E-state index in [-0.39, 0.29) is 0 Å². The molecule has 5 heteroatoms. The number of thiocarbonyl (C=S) groups is 1. The van der Waals surface area contributed by atoms with Crippen molar-refractivity contribution in [1.82, 2.24) is 0 Å². The second kappa shape index (κ2) is 6.37. The molecule has 0 aliphatic rings. The first-order valence-electron chi connectivity index (χ1n) is 5.93. The number of nitrogens with two attached hydrogens (primary N) is 1. The van der Waals surface area contributed by atoms with Crippen LogP contribution in [0.4, 0.5) is 5.69 Å². The molecule has 0 amide bonds. The van der Waals surface area contributed by atoms with Crippen LogP contribution in [0.25, 0.3) is 0 Å². The summed E-state index contributed by atoms with van der Waals surface area (Å²) in [6, 6.07) is 7.98. The normalized spacial score (nSPS) is 12.1. The molecule has 2 nitrogen and oxygen atoms in total. The van der Waals surface area contributed by atoms with Crippen molar-refractivity contribution in [3.63, 3.8) is 0 Å². The molecule has 1 aromatic carbocycles. The van der Waals surface area contributed by atoms with Gasteiger partial charge in [-0.05, 0) is 53.9 Å². The van der Waals surface area contributed by atoms with Crippen molar-refractivity contribution < 1.29 is 0 Å². The van der Waals surface area contributed by atoms with Gasteiger partial charge in [-0.25, -0.2) is 0 Å². The third-order valence-electron chi connectivity index (χ3n) is 2.77. The lowest BCUT2D eigenvalue weighted by molar-refractivity contribution is 0.792. The molecule has 19 heavy (non-hydrogen) atoms. The Morgan fingerprint density at radius 2 is 2.26 bits per heavy atom. The van der Waals surface area contributed by atoms with E-state index in [4.69, 9.17) is 29.6 Å². The van der Waals surface area contributed by atoms with Gasteiger partial charge >= 0.3 is 0 Å². The van der Waals surface area contributed by atoms with Crippen LogP contribution < -0.4 is 11.1 Å². The van der Waals surface area contributed by atoms with E-state index in [2.05, 4.69) is 29.1 Å². The fourth-order valence-electron chi connectivity index (χ4n) is 1.93. The third kappa shape index (κ3) is 3.93. The Bertz CT molecular complexity index is 567. The molecule has 2 aromatic rings. The van der Waals surface area contributed by atoms with E-state index in [0.29, 0.717) is 16.1 Å². The molecule has 0 saturated heterocycles. The van der Waals surface area contributed by atoms with Gasteiger partial charge in [0.1, 0.15) is 4.99 Å². The molecule has 1 heterocycles. The molecule has 0 aliphatic heterocycles. The summed E-state index contributed by atoms with van der Waals surface area (Å²) in [6.07, 6.45) is 0.961. The standard InChI is InChI=1S/C14H15ClN2S2/c1-9(6-10-4-5-19-8-10)17-13-3-2-11(15)7-12(13)14(16)18/h2-5,7-9,17H,6H2,1H3,(H2,16,18). The topological polar surface area (TPSA) is 38.0 Å². The van der Waals surface area contributed by atoms with Crippen molar-refractivity contribution in [1.29, 1.82) is 0 Å². The first-order chi connectivity index (χ1) is 9.06. The van der Waals surface area contributed by atoms with Crippen LogP contribution in [0.5, 0.6) is 0 Å². The Kier molecular flexibility index (Phi) is 4.80. The van der Waals surface area contributed by atoms with Gasteiger partial charge in [-0.1, -0.05) is 23.8 Å². The summed E-state index contributed by atoms with van der Waals surface area (Å²) in [7, 11) is 0. The lowest BCUT2D eigenvalue weighted by Crippen LogP contribution is -2.21. The van der Waals surface area contributed by atoms with Crippen LogP contribution in [0.3, 0.4) is 0 Å². The van der Waals surface area contributed by atoms with Crippen LogP contribution in [0.2, 0.25) is 5.02 Å². The van der Waals surface area contributed by atoms with E-state index < -0.39 is 0 Å². The quantitative estimate of drug-likeness (QED) is 0.817. The number of halogens is 1. The van der Waals surface area contributed by atoms with Gasteiger partial charge in [-0.15, -0.1) is 0 Å². The minimum absolute atomic E-state index is 0.295. The Morgan fingerprint density at radius 1 is 1.47 bits per heavy atom. The second-order valence-electron chi connectivity index (χ2n) is 4.44. The fourth-order valence-corrected chi connectivity index (χ4v) is 2.95. The largest absolute Gasteiger partial charge is 0.389 e. The van der Waals surface area contributed by atoms with Gasteiger partial charge in [-0.3, -0.25) is 0 Å². The van der Waals surface area contributed by atoms with E-state index in [0.717, 1.165) is 17.7 Å². The molecule has 100 valence electrons. The van der Waals surface area contributed by atoms with Gasteiger partial charge < -0.3 is 11.1 Å². The van der Waals surface area contributed by atoms with E-state index in [9.17, 15) is 0 Å². The lowest BCUT2D eigenvalue weighted by Gasteiger charge is -2.17. The van der Waals surface area contributed by atoms with Gasteiger partial charge in [0.25, 0.3) is 0 Å². The summed E-state index contributed by atoms with van der Waals surface area (Å²) >= 11 is 12.7. The zero-order valence-corrected chi connectivity index (χ0v) is 12.9. The maximum Gasteiger partial charge on any atom is 0.106 e. The number of hydrogen-bond acceptors (Lipinski definition) is 3. The summed E-state index contributed by atoms with van der Waals surface area (Å²) < 4.78 is 0. The van der Waals surface area contributed by atoms with Gasteiger partial charge in [0, 0.05) is 22.3 Å². The minimum atomic E-state index is 0.295. The summed E-state index contributed by atoms with van der Waals surface area (Å²) in [5.74, 6) is 0. The number of nitrogens with one attached hydrogen (secondary N) is 1. The summed E-state index contributed by atoms with van der Waals surface area (Å²) in [5.41, 5.74) is 8.78. The molecule has 0 radical (unpaired) electrons. The average molecular weight is 311 g/mol. The van der Waals surface area contributed by atoms with Crippen molar-refractivity contribution in [2.45, 2.75) is 19.4 Å². The summed E-state index contributed by atoms with van der Waals surface area (Å²) in [6.45, 7) is 2.13. The first-order valence-corrected chi connectivity index (χ1v) is 7.66. The van der Waals surface area contributed by atoms with Crippen molar-refractivity contribution in [3.05, 3.63) is 51.2 Å². The number of thiophene rings is 1. The van der Waals surface area contributed by atoms with Crippen molar-refractivity contribution in [2.24, 2.45) is 5.73 Å². The Morgan fingerprint density at radius 3 is 2.89 bits per heavy atom. The summed E-state index contributed by atoms with van der Waals surface area (Å²) in [5, 5.41) is 8.32. The molecule has 0 bridgehead atoms. The SMILES string of the molecule is CC(Cc1ccsc1)Nc1ccc(Cl)cc1C(N)=S. The van der Waals surface area contributed by atoms with Crippen LogP contribution in [0.15, 0.2) is 35.0 Å². The van der Waals surface area contributed by atoms with Crippen LogP contribution in [0, 0.1) is 0 Å². The zero-order chi connectivity index (χ0) is 13.8.